The van der Waals surface area contributed by atoms with Gasteiger partial charge in [-0.05, 0) is 60.7 Å². The first-order valence-electron chi connectivity index (χ1n) is 11.7. The molecule has 0 aliphatic carbocycles. The molecule has 204 valence electrons. The maximum absolute atomic E-state index is 13.2. The van der Waals surface area contributed by atoms with Gasteiger partial charge in [0, 0.05) is 0 Å². The van der Waals surface area contributed by atoms with E-state index in [1.54, 1.807) is 0 Å². The number of amides is 4. The van der Waals surface area contributed by atoms with Crippen molar-refractivity contribution >= 4 is 92.8 Å². The van der Waals surface area contributed by atoms with E-state index in [2.05, 4.69) is 0 Å². The van der Waals surface area contributed by atoms with Crippen molar-refractivity contribution in [2.45, 2.75) is 0 Å². The van der Waals surface area contributed by atoms with E-state index in [0.29, 0.717) is 0 Å². The molecule has 0 unspecified atom stereocenters. The molecule has 0 bridgehead atoms. The first-order valence-corrected chi connectivity index (χ1v) is 13.2. The van der Waals surface area contributed by atoms with Gasteiger partial charge in [-0.3, -0.25) is 19.2 Å². The lowest BCUT2D eigenvalue weighted by atomic mass is 10.1. The molecule has 0 saturated heterocycles. The highest BCUT2D eigenvalue weighted by Gasteiger charge is 2.39. The summed E-state index contributed by atoms with van der Waals surface area (Å²) in [6, 6.07) is 14.2. The molecule has 41 heavy (non-hydrogen) atoms. The predicted octanol–water partition coefficient (Wildman–Crippen LogP) is 6.86. The van der Waals surface area contributed by atoms with Gasteiger partial charge in [0.2, 0.25) is 0 Å². The summed E-state index contributed by atoms with van der Waals surface area (Å²) in [6.07, 6.45) is 0. The van der Waals surface area contributed by atoms with Crippen LogP contribution in [0.5, 0.6) is 11.5 Å². The third-order valence-corrected chi connectivity index (χ3v) is 7.85. The molecule has 2 aliphatic heterocycles. The SMILES string of the molecule is Nc1c(Cl)cc(N2C(=O)c3ccc(Oc4ccc5c(c4)C(=O)N(c4cc(Cl)c(N)c(Cl)c4)C5=O)cc3C2=O)cc1Cl. The second-order valence-corrected chi connectivity index (χ2v) is 10.7. The van der Waals surface area contributed by atoms with E-state index < -0.39 is 23.6 Å². The largest absolute Gasteiger partial charge is 0.457 e. The molecule has 0 atom stereocenters. The Hall–Kier alpha value is -4.28. The standard InChI is InChI=1S/C28H14Cl4N4O5/c29-19-5-11(6-20(30)23(19)33)35-25(37)15-3-1-13(9-17(15)27(35)39)41-14-2-4-16-18(10-14)28(40)36(26(16)38)12-7-21(31)24(34)22(32)8-12/h1-10H,33-34H2. The number of rotatable bonds is 4. The molecule has 6 rings (SSSR count). The van der Waals surface area contributed by atoms with Crippen LogP contribution in [0.15, 0.2) is 60.7 Å². The number of hydrogen-bond acceptors (Lipinski definition) is 7. The number of nitrogens with two attached hydrogens (primary N) is 2. The van der Waals surface area contributed by atoms with Crippen LogP contribution in [0.1, 0.15) is 41.4 Å². The van der Waals surface area contributed by atoms with Crippen molar-refractivity contribution in [3.8, 4) is 11.5 Å². The van der Waals surface area contributed by atoms with Crippen LogP contribution in [0.2, 0.25) is 20.1 Å². The number of benzene rings is 4. The summed E-state index contributed by atoms with van der Waals surface area (Å²) < 4.78 is 5.90. The molecule has 0 aromatic heterocycles. The number of nitrogen functional groups attached to an aromatic ring is 2. The summed E-state index contributed by atoms with van der Waals surface area (Å²) >= 11 is 24.4. The van der Waals surface area contributed by atoms with E-state index in [4.69, 9.17) is 62.6 Å². The van der Waals surface area contributed by atoms with Gasteiger partial charge >= 0.3 is 0 Å². The molecule has 0 spiro atoms. The zero-order chi connectivity index (χ0) is 29.3. The van der Waals surface area contributed by atoms with Crippen LogP contribution >= 0.6 is 46.4 Å². The quantitative estimate of drug-likeness (QED) is 0.186. The number of carbonyl (C=O) groups is 4. The summed E-state index contributed by atoms with van der Waals surface area (Å²) in [5.41, 5.74) is 12.6. The van der Waals surface area contributed by atoms with Crippen molar-refractivity contribution in [2.24, 2.45) is 0 Å². The third-order valence-electron chi connectivity index (χ3n) is 6.60. The van der Waals surface area contributed by atoms with Crippen molar-refractivity contribution in [1.29, 1.82) is 0 Å². The van der Waals surface area contributed by atoms with Gasteiger partial charge in [-0.2, -0.15) is 0 Å². The highest BCUT2D eigenvalue weighted by Crippen LogP contribution is 2.39. The van der Waals surface area contributed by atoms with Gasteiger partial charge in [0.15, 0.2) is 0 Å². The predicted molar refractivity (Wildman–Crippen MR) is 157 cm³/mol. The molecule has 13 heteroatoms. The molecule has 2 aliphatic rings. The minimum Gasteiger partial charge on any atom is -0.457 e. The lowest BCUT2D eigenvalue weighted by Crippen LogP contribution is -2.29. The van der Waals surface area contributed by atoms with Crippen LogP contribution in [0, 0.1) is 0 Å². The smallest absolute Gasteiger partial charge is 0.266 e. The van der Waals surface area contributed by atoms with Crippen molar-refractivity contribution in [2.75, 3.05) is 21.3 Å². The van der Waals surface area contributed by atoms with E-state index in [9.17, 15) is 19.2 Å². The normalized spacial score (nSPS) is 14.1. The van der Waals surface area contributed by atoms with E-state index in [1.807, 2.05) is 0 Å². The molecule has 4 N–H and O–H groups in total. The topological polar surface area (TPSA) is 136 Å². The molecular formula is C28H14Cl4N4O5. The van der Waals surface area contributed by atoms with Gasteiger partial charge in [0.05, 0.1) is 65.1 Å². The number of imide groups is 2. The van der Waals surface area contributed by atoms with Crippen LogP contribution in [0.25, 0.3) is 0 Å². The highest BCUT2D eigenvalue weighted by atomic mass is 35.5. The molecule has 0 radical (unpaired) electrons. The van der Waals surface area contributed by atoms with Gasteiger partial charge in [0.1, 0.15) is 11.5 Å². The summed E-state index contributed by atoms with van der Waals surface area (Å²) in [7, 11) is 0. The molecule has 2 heterocycles. The molecule has 4 aromatic rings. The number of nitrogens with zero attached hydrogens (tertiary/aromatic N) is 2. The Morgan fingerprint density at radius 1 is 0.488 bits per heavy atom. The lowest BCUT2D eigenvalue weighted by Gasteiger charge is -2.15. The fourth-order valence-corrected chi connectivity index (χ4v) is 5.52. The molecule has 0 fully saturated rings. The van der Waals surface area contributed by atoms with Gasteiger partial charge in [-0.15, -0.1) is 0 Å². The summed E-state index contributed by atoms with van der Waals surface area (Å²) in [5.74, 6) is -1.94. The van der Waals surface area contributed by atoms with Crippen LogP contribution in [-0.4, -0.2) is 23.6 Å². The first-order chi connectivity index (χ1) is 19.5. The van der Waals surface area contributed by atoms with E-state index >= 15 is 0 Å². The van der Waals surface area contributed by atoms with E-state index in [-0.39, 0.29) is 76.6 Å². The Balaban J connectivity index is 1.28. The lowest BCUT2D eigenvalue weighted by molar-refractivity contribution is 0.0910. The Labute approximate surface area is 251 Å². The summed E-state index contributed by atoms with van der Waals surface area (Å²) in [4.78, 5) is 54.4. The molecule has 4 aromatic carbocycles. The fourth-order valence-electron chi connectivity index (χ4n) is 4.57. The maximum atomic E-state index is 13.2. The van der Waals surface area contributed by atoms with Crippen molar-refractivity contribution in [3.05, 3.63) is 103 Å². The Morgan fingerprint density at radius 2 is 0.805 bits per heavy atom. The van der Waals surface area contributed by atoms with E-state index in [0.717, 1.165) is 9.80 Å². The minimum atomic E-state index is -0.612. The zero-order valence-electron chi connectivity index (χ0n) is 20.4. The third kappa shape index (κ3) is 4.25. The minimum absolute atomic E-state index is 0.0901. The second-order valence-electron chi connectivity index (χ2n) is 9.05. The zero-order valence-corrected chi connectivity index (χ0v) is 23.4. The number of carbonyl (C=O) groups excluding carboxylic acids is 4. The van der Waals surface area contributed by atoms with Crippen molar-refractivity contribution in [3.63, 3.8) is 0 Å². The highest BCUT2D eigenvalue weighted by molar-refractivity contribution is 6.42. The van der Waals surface area contributed by atoms with Gasteiger partial charge in [0.25, 0.3) is 23.6 Å². The number of hydrogen-bond donors (Lipinski definition) is 2. The van der Waals surface area contributed by atoms with Gasteiger partial charge in [-0.1, -0.05) is 46.4 Å². The van der Waals surface area contributed by atoms with Crippen molar-refractivity contribution in [1.82, 2.24) is 0 Å². The Morgan fingerprint density at radius 3 is 1.15 bits per heavy atom. The summed E-state index contributed by atoms with van der Waals surface area (Å²) in [6.45, 7) is 0. The summed E-state index contributed by atoms with van der Waals surface area (Å²) in [5, 5.41) is 0.385. The van der Waals surface area contributed by atoms with Gasteiger partial charge < -0.3 is 16.2 Å². The number of halogens is 4. The molecule has 0 saturated carbocycles. The Kier molecular flexibility index (Phi) is 6.35. The van der Waals surface area contributed by atoms with Crippen molar-refractivity contribution < 1.29 is 23.9 Å². The second kappa shape index (κ2) is 9.67. The maximum Gasteiger partial charge on any atom is 0.266 e. The molecule has 9 nitrogen and oxygen atoms in total. The molecular weight excluding hydrogens is 614 g/mol. The van der Waals surface area contributed by atoms with Gasteiger partial charge in [-0.25, -0.2) is 9.80 Å². The van der Waals surface area contributed by atoms with Crippen LogP contribution in [-0.2, 0) is 0 Å². The van der Waals surface area contributed by atoms with E-state index in [1.165, 1.54) is 60.7 Å². The monoisotopic (exact) mass is 626 g/mol. The Bertz CT molecular complexity index is 1710. The number of anilines is 4. The number of fused-ring (bicyclic) bond motifs is 2. The average Bonchev–Trinajstić information content (AvgIpc) is 3.33. The van der Waals surface area contributed by atoms with Crippen LogP contribution in [0.4, 0.5) is 22.7 Å². The fraction of sp³-hybridized carbons (Fsp3) is 0. The van der Waals surface area contributed by atoms with Crippen LogP contribution in [0.3, 0.4) is 0 Å². The number of ether oxygens (including phenoxy) is 1. The molecule has 4 amide bonds. The first kappa shape index (κ1) is 26.9. The average molecular weight is 628 g/mol. The van der Waals surface area contributed by atoms with Crippen LogP contribution < -0.4 is 26.0 Å².